The van der Waals surface area contributed by atoms with Crippen molar-refractivity contribution in [1.29, 1.82) is 0 Å². The molecular formula is C8H19NO2. The molecule has 0 bridgehead atoms. The van der Waals surface area contributed by atoms with Crippen molar-refractivity contribution < 1.29 is 10.2 Å². The molecule has 0 spiro atoms. The van der Waals surface area contributed by atoms with Crippen molar-refractivity contribution in [2.24, 2.45) is 0 Å². The van der Waals surface area contributed by atoms with Crippen LogP contribution in [0.25, 0.3) is 0 Å². The van der Waals surface area contributed by atoms with Gasteiger partial charge in [-0.2, -0.15) is 0 Å². The second kappa shape index (κ2) is 7.98. The van der Waals surface area contributed by atoms with E-state index < -0.39 is 0 Å². The third-order valence-corrected chi connectivity index (χ3v) is 1.74. The normalized spacial score (nSPS) is 13.4. The first-order chi connectivity index (χ1) is 5.35. The van der Waals surface area contributed by atoms with Crippen molar-refractivity contribution in [3.05, 3.63) is 0 Å². The molecule has 11 heavy (non-hydrogen) atoms. The number of nitrogens with one attached hydrogen (secondary N) is 1. The van der Waals surface area contributed by atoms with E-state index in [4.69, 9.17) is 10.2 Å². The van der Waals surface area contributed by atoms with Gasteiger partial charge in [0.2, 0.25) is 0 Å². The first kappa shape index (κ1) is 10.9. The second-order valence-electron chi connectivity index (χ2n) is 2.65. The fourth-order valence-electron chi connectivity index (χ4n) is 0.992. The molecule has 1 unspecified atom stereocenters. The van der Waals surface area contributed by atoms with Crippen LogP contribution in [0.5, 0.6) is 0 Å². The van der Waals surface area contributed by atoms with Crippen LogP contribution in [-0.2, 0) is 0 Å². The SMILES string of the molecule is CCC(CCO)NCCCO. The van der Waals surface area contributed by atoms with Crippen molar-refractivity contribution in [2.75, 3.05) is 19.8 Å². The zero-order chi connectivity index (χ0) is 8.53. The van der Waals surface area contributed by atoms with E-state index in [0.717, 1.165) is 25.8 Å². The van der Waals surface area contributed by atoms with E-state index in [1.807, 2.05) is 0 Å². The van der Waals surface area contributed by atoms with Crippen LogP contribution in [0.4, 0.5) is 0 Å². The van der Waals surface area contributed by atoms with Gasteiger partial charge < -0.3 is 15.5 Å². The fourth-order valence-corrected chi connectivity index (χ4v) is 0.992. The number of aliphatic hydroxyl groups excluding tert-OH is 2. The van der Waals surface area contributed by atoms with Crippen molar-refractivity contribution in [1.82, 2.24) is 5.32 Å². The first-order valence-corrected chi connectivity index (χ1v) is 4.30. The largest absolute Gasteiger partial charge is 0.396 e. The Morgan fingerprint density at radius 1 is 1.27 bits per heavy atom. The van der Waals surface area contributed by atoms with E-state index in [1.165, 1.54) is 0 Å². The Labute approximate surface area is 68.4 Å². The predicted octanol–water partition coefficient (Wildman–Crippen LogP) is 0.119. The minimum absolute atomic E-state index is 0.239. The van der Waals surface area contributed by atoms with Crippen LogP contribution in [0, 0.1) is 0 Å². The van der Waals surface area contributed by atoms with Gasteiger partial charge in [0, 0.05) is 19.3 Å². The van der Waals surface area contributed by atoms with Gasteiger partial charge in [0.25, 0.3) is 0 Å². The van der Waals surface area contributed by atoms with Gasteiger partial charge in [-0.3, -0.25) is 0 Å². The molecule has 0 fully saturated rings. The summed E-state index contributed by atoms with van der Waals surface area (Å²) in [6, 6.07) is 0.409. The minimum atomic E-state index is 0.239. The Kier molecular flexibility index (Phi) is 7.89. The van der Waals surface area contributed by atoms with Crippen LogP contribution in [-0.4, -0.2) is 36.0 Å². The fraction of sp³-hybridized carbons (Fsp3) is 1.00. The van der Waals surface area contributed by atoms with Gasteiger partial charge in [0.05, 0.1) is 0 Å². The highest BCUT2D eigenvalue weighted by molar-refractivity contribution is 4.63. The lowest BCUT2D eigenvalue weighted by Crippen LogP contribution is -2.30. The highest BCUT2D eigenvalue weighted by Crippen LogP contribution is 1.95. The summed E-state index contributed by atoms with van der Waals surface area (Å²) in [4.78, 5) is 0. The maximum Gasteiger partial charge on any atom is 0.0445 e. The maximum atomic E-state index is 8.63. The Hall–Kier alpha value is -0.120. The van der Waals surface area contributed by atoms with E-state index in [-0.39, 0.29) is 13.2 Å². The quantitative estimate of drug-likeness (QED) is 0.465. The molecular weight excluding hydrogens is 142 g/mol. The monoisotopic (exact) mass is 161 g/mol. The lowest BCUT2D eigenvalue weighted by atomic mass is 10.1. The zero-order valence-corrected chi connectivity index (χ0v) is 7.21. The lowest BCUT2D eigenvalue weighted by Gasteiger charge is -2.14. The third-order valence-electron chi connectivity index (χ3n) is 1.74. The van der Waals surface area contributed by atoms with E-state index >= 15 is 0 Å². The summed E-state index contributed by atoms with van der Waals surface area (Å²) < 4.78 is 0. The highest BCUT2D eigenvalue weighted by atomic mass is 16.3. The maximum absolute atomic E-state index is 8.63. The van der Waals surface area contributed by atoms with Crippen LogP contribution in [0.2, 0.25) is 0 Å². The van der Waals surface area contributed by atoms with E-state index in [0.29, 0.717) is 6.04 Å². The predicted molar refractivity (Wildman–Crippen MR) is 45.5 cm³/mol. The van der Waals surface area contributed by atoms with Gasteiger partial charge >= 0.3 is 0 Å². The molecule has 0 aromatic rings. The van der Waals surface area contributed by atoms with Crippen molar-refractivity contribution >= 4 is 0 Å². The summed E-state index contributed by atoms with van der Waals surface area (Å²) in [5, 5.41) is 20.4. The summed E-state index contributed by atoms with van der Waals surface area (Å²) in [5.41, 5.74) is 0. The molecule has 0 saturated heterocycles. The average Bonchev–Trinajstić information content (AvgIpc) is 2.03. The molecule has 0 saturated carbocycles. The topological polar surface area (TPSA) is 52.5 Å². The molecule has 0 radical (unpaired) electrons. The number of hydrogen-bond donors (Lipinski definition) is 3. The first-order valence-electron chi connectivity index (χ1n) is 4.30. The Bertz CT molecular complexity index is 78.5. The standard InChI is InChI=1S/C8H19NO2/c1-2-8(4-7-11)9-5-3-6-10/h8-11H,2-7H2,1H3. The molecule has 0 aromatic heterocycles. The van der Waals surface area contributed by atoms with Crippen molar-refractivity contribution in [3.8, 4) is 0 Å². The molecule has 0 amide bonds. The Morgan fingerprint density at radius 3 is 2.45 bits per heavy atom. The van der Waals surface area contributed by atoms with Crippen molar-refractivity contribution in [3.63, 3.8) is 0 Å². The van der Waals surface area contributed by atoms with Crippen molar-refractivity contribution in [2.45, 2.75) is 32.2 Å². The van der Waals surface area contributed by atoms with Gasteiger partial charge in [-0.1, -0.05) is 6.92 Å². The van der Waals surface area contributed by atoms with Gasteiger partial charge in [-0.15, -0.1) is 0 Å². The van der Waals surface area contributed by atoms with Crippen LogP contribution in [0.1, 0.15) is 26.2 Å². The minimum Gasteiger partial charge on any atom is -0.396 e. The molecule has 3 N–H and O–H groups in total. The molecule has 1 atom stereocenters. The number of aliphatic hydroxyl groups is 2. The summed E-state index contributed by atoms with van der Waals surface area (Å²) in [6.07, 6.45) is 2.63. The molecule has 0 aliphatic heterocycles. The molecule has 3 nitrogen and oxygen atoms in total. The number of rotatable bonds is 7. The summed E-state index contributed by atoms with van der Waals surface area (Å²) in [5.74, 6) is 0. The smallest absolute Gasteiger partial charge is 0.0445 e. The summed E-state index contributed by atoms with van der Waals surface area (Å²) in [6.45, 7) is 3.41. The summed E-state index contributed by atoms with van der Waals surface area (Å²) >= 11 is 0. The molecule has 0 aromatic carbocycles. The van der Waals surface area contributed by atoms with E-state index in [1.54, 1.807) is 0 Å². The zero-order valence-electron chi connectivity index (χ0n) is 7.21. The number of hydrogen-bond acceptors (Lipinski definition) is 3. The molecule has 0 heterocycles. The summed E-state index contributed by atoms with van der Waals surface area (Å²) in [7, 11) is 0. The van der Waals surface area contributed by atoms with E-state index in [9.17, 15) is 0 Å². The average molecular weight is 161 g/mol. The second-order valence-corrected chi connectivity index (χ2v) is 2.65. The molecule has 0 rings (SSSR count). The molecule has 68 valence electrons. The van der Waals surface area contributed by atoms with Gasteiger partial charge in [-0.25, -0.2) is 0 Å². The van der Waals surface area contributed by atoms with E-state index in [2.05, 4.69) is 12.2 Å². The highest BCUT2D eigenvalue weighted by Gasteiger charge is 2.02. The molecule has 0 aliphatic carbocycles. The Balaban J connectivity index is 3.20. The van der Waals surface area contributed by atoms with Crippen LogP contribution >= 0.6 is 0 Å². The van der Waals surface area contributed by atoms with Gasteiger partial charge in [0.15, 0.2) is 0 Å². The van der Waals surface area contributed by atoms with Crippen LogP contribution in [0.15, 0.2) is 0 Å². The van der Waals surface area contributed by atoms with Crippen LogP contribution in [0.3, 0.4) is 0 Å². The molecule has 3 heteroatoms. The van der Waals surface area contributed by atoms with Gasteiger partial charge in [0.1, 0.15) is 0 Å². The third kappa shape index (κ3) is 6.28. The van der Waals surface area contributed by atoms with Crippen LogP contribution < -0.4 is 5.32 Å². The lowest BCUT2D eigenvalue weighted by molar-refractivity contribution is 0.254. The Morgan fingerprint density at radius 2 is 2.00 bits per heavy atom. The van der Waals surface area contributed by atoms with Gasteiger partial charge in [-0.05, 0) is 25.8 Å². The molecule has 0 aliphatic rings.